The Kier molecular flexibility index (Phi) is 5.90. The van der Waals surface area contributed by atoms with Crippen LogP contribution in [-0.2, 0) is 15.3 Å². The average molecular weight is 278 g/mol. The number of benzene rings is 1. The first kappa shape index (κ1) is 15.1. The smallest absolute Gasteiger partial charge is 0.325 e. The van der Waals surface area contributed by atoms with E-state index in [1.165, 1.54) is 18.7 Å². The quantitative estimate of drug-likeness (QED) is 0.820. The number of aliphatic carboxylic acids is 1. The number of nitrogens with one attached hydrogen (secondary N) is 1. The minimum atomic E-state index is -1.05. The lowest BCUT2D eigenvalue weighted by Crippen LogP contribution is -2.39. The van der Waals surface area contributed by atoms with E-state index in [1.54, 1.807) is 12.1 Å². The molecule has 6 heteroatoms. The van der Waals surface area contributed by atoms with Crippen molar-refractivity contribution in [1.82, 2.24) is 5.32 Å². The van der Waals surface area contributed by atoms with Gasteiger partial charge < -0.3 is 10.4 Å². The van der Waals surface area contributed by atoms with Crippen molar-refractivity contribution in [2.45, 2.75) is 18.7 Å². The van der Waals surface area contributed by atoms with Gasteiger partial charge in [-0.05, 0) is 24.6 Å². The summed E-state index contributed by atoms with van der Waals surface area (Å²) < 4.78 is 0. The van der Waals surface area contributed by atoms with E-state index in [2.05, 4.69) is 5.32 Å². The molecule has 0 aliphatic heterocycles. The van der Waals surface area contributed by atoms with Gasteiger partial charge in [0.15, 0.2) is 0 Å². The van der Waals surface area contributed by atoms with E-state index in [-0.39, 0.29) is 11.7 Å². The first-order valence-corrected chi connectivity index (χ1v) is 6.77. The Morgan fingerprint density at radius 1 is 1.42 bits per heavy atom. The van der Waals surface area contributed by atoms with Gasteiger partial charge in [-0.3, -0.25) is 9.59 Å². The van der Waals surface area contributed by atoms with Gasteiger partial charge in [-0.25, -0.2) is 0 Å². The third-order valence-corrected chi connectivity index (χ3v) is 3.34. The van der Waals surface area contributed by atoms with Gasteiger partial charge in [0, 0.05) is 5.75 Å². The van der Waals surface area contributed by atoms with Crippen LogP contribution in [0.25, 0.3) is 0 Å². The largest absolute Gasteiger partial charge is 0.480 e. The van der Waals surface area contributed by atoms with Crippen LogP contribution in [-0.4, -0.2) is 28.8 Å². The number of amides is 1. The molecule has 0 saturated carbocycles. The zero-order valence-electron chi connectivity index (χ0n) is 10.4. The van der Waals surface area contributed by atoms with Crippen molar-refractivity contribution >= 4 is 23.6 Å². The Balaban J connectivity index is 2.31. The molecular weight excluding hydrogens is 264 g/mol. The molecule has 19 heavy (non-hydrogen) atoms. The molecule has 2 N–H and O–H groups in total. The number of carbonyl (C=O) groups is 2. The van der Waals surface area contributed by atoms with Crippen LogP contribution in [0.1, 0.15) is 18.1 Å². The Morgan fingerprint density at radius 2 is 2.05 bits per heavy atom. The van der Waals surface area contributed by atoms with Crippen molar-refractivity contribution in [2.24, 2.45) is 0 Å². The van der Waals surface area contributed by atoms with Crippen molar-refractivity contribution < 1.29 is 14.7 Å². The highest BCUT2D eigenvalue weighted by molar-refractivity contribution is 7.99. The molecule has 0 aliphatic carbocycles. The molecule has 0 saturated heterocycles. The second kappa shape index (κ2) is 7.44. The minimum absolute atomic E-state index is 0.206. The molecule has 0 fully saturated rings. The maximum absolute atomic E-state index is 11.4. The molecule has 1 rings (SSSR count). The maximum atomic E-state index is 11.4. The molecule has 1 amide bonds. The molecule has 0 aliphatic rings. The van der Waals surface area contributed by atoms with E-state index in [0.717, 1.165) is 5.56 Å². The van der Waals surface area contributed by atoms with Gasteiger partial charge in [0.2, 0.25) is 5.91 Å². The zero-order chi connectivity index (χ0) is 14.3. The summed E-state index contributed by atoms with van der Waals surface area (Å²) in [6.07, 6.45) is 0. The summed E-state index contributed by atoms with van der Waals surface area (Å²) >= 11 is 1.39. The van der Waals surface area contributed by atoms with Crippen molar-refractivity contribution in [3.63, 3.8) is 0 Å². The van der Waals surface area contributed by atoms with E-state index in [4.69, 9.17) is 10.4 Å². The number of hydrogen-bond donors (Lipinski definition) is 2. The predicted octanol–water partition coefficient (Wildman–Crippen LogP) is 1.38. The Labute approximate surface area is 115 Å². The highest BCUT2D eigenvalue weighted by Crippen LogP contribution is 2.12. The average Bonchev–Trinajstić information content (AvgIpc) is 2.39. The summed E-state index contributed by atoms with van der Waals surface area (Å²) in [5.74, 6) is -0.503. The van der Waals surface area contributed by atoms with Crippen LogP contribution in [0.5, 0.6) is 0 Å². The lowest BCUT2D eigenvalue weighted by atomic mass is 10.2. The number of thioether (sulfide) groups is 1. The lowest BCUT2D eigenvalue weighted by Gasteiger charge is -2.08. The second-order valence-electron chi connectivity index (χ2n) is 3.93. The lowest BCUT2D eigenvalue weighted by molar-refractivity contribution is -0.140. The third-order valence-electron chi connectivity index (χ3n) is 2.33. The summed E-state index contributed by atoms with van der Waals surface area (Å²) in [5, 5.41) is 19.7. The van der Waals surface area contributed by atoms with Crippen molar-refractivity contribution in [1.29, 1.82) is 5.26 Å². The Hall–Kier alpha value is -2.00. The number of nitrogens with zero attached hydrogens (tertiary/aromatic N) is 1. The minimum Gasteiger partial charge on any atom is -0.480 e. The van der Waals surface area contributed by atoms with Crippen LogP contribution in [0, 0.1) is 11.3 Å². The normalized spacial score (nSPS) is 11.4. The third kappa shape index (κ3) is 5.44. The van der Waals surface area contributed by atoms with E-state index < -0.39 is 12.0 Å². The van der Waals surface area contributed by atoms with Gasteiger partial charge >= 0.3 is 5.97 Å². The monoisotopic (exact) mass is 278 g/mol. The molecular formula is C13H14N2O3S. The number of rotatable bonds is 6. The van der Waals surface area contributed by atoms with Crippen LogP contribution in [0.3, 0.4) is 0 Å². The van der Waals surface area contributed by atoms with E-state index in [9.17, 15) is 9.59 Å². The zero-order valence-corrected chi connectivity index (χ0v) is 11.2. The maximum Gasteiger partial charge on any atom is 0.325 e. The van der Waals surface area contributed by atoms with Gasteiger partial charge in [-0.1, -0.05) is 12.1 Å². The highest BCUT2D eigenvalue weighted by Gasteiger charge is 2.13. The topological polar surface area (TPSA) is 90.2 Å². The van der Waals surface area contributed by atoms with Gasteiger partial charge in [-0.15, -0.1) is 11.8 Å². The molecule has 1 aromatic rings. The van der Waals surface area contributed by atoms with Crippen LogP contribution >= 0.6 is 11.8 Å². The second-order valence-corrected chi connectivity index (χ2v) is 4.91. The van der Waals surface area contributed by atoms with E-state index in [1.807, 2.05) is 18.2 Å². The predicted molar refractivity (Wildman–Crippen MR) is 72.6 cm³/mol. The molecule has 1 atom stereocenters. The van der Waals surface area contributed by atoms with E-state index >= 15 is 0 Å². The summed E-state index contributed by atoms with van der Waals surface area (Å²) in [4.78, 5) is 22.0. The van der Waals surface area contributed by atoms with E-state index in [0.29, 0.717) is 11.3 Å². The number of nitriles is 1. The van der Waals surface area contributed by atoms with Crippen LogP contribution < -0.4 is 5.32 Å². The molecule has 0 bridgehead atoms. The molecule has 0 aromatic heterocycles. The summed E-state index contributed by atoms with van der Waals surface area (Å²) in [7, 11) is 0. The Bertz CT molecular complexity index is 494. The number of carbonyl (C=O) groups excluding carboxylic acids is 1. The number of carboxylic acid groups (broad SMARTS) is 1. The number of hydrogen-bond acceptors (Lipinski definition) is 4. The first-order valence-electron chi connectivity index (χ1n) is 5.62. The molecule has 0 unspecified atom stereocenters. The number of carboxylic acids is 1. The highest BCUT2D eigenvalue weighted by atomic mass is 32.2. The van der Waals surface area contributed by atoms with Gasteiger partial charge in [-0.2, -0.15) is 5.26 Å². The summed E-state index contributed by atoms with van der Waals surface area (Å²) in [6, 6.07) is 8.28. The van der Waals surface area contributed by atoms with Crippen LogP contribution in [0.2, 0.25) is 0 Å². The summed E-state index contributed by atoms with van der Waals surface area (Å²) in [6.45, 7) is 1.42. The molecule has 0 heterocycles. The molecule has 0 radical (unpaired) electrons. The molecule has 100 valence electrons. The van der Waals surface area contributed by atoms with Crippen molar-refractivity contribution in [2.75, 3.05) is 5.75 Å². The molecule has 5 nitrogen and oxygen atoms in total. The summed E-state index contributed by atoms with van der Waals surface area (Å²) in [5.41, 5.74) is 1.62. The van der Waals surface area contributed by atoms with Crippen molar-refractivity contribution in [3.8, 4) is 6.07 Å². The van der Waals surface area contributed by atoms with Gasteiger partial charge in [0.05, 0.1) is 17.4 Å². The Morgan fingerprint density at radius 3 is 2.58 bits per heavy atom. The standard InChI is InChI=1S/C13H14N2O3S/c1-9(13(17)18)15-12(16)8-19-7-11-4-2-10(6-14)3-5-11/h2-5,9H,7-8H2,1H3,(H,15,16)(H,17,18)/t9-/m0/s1. The molecule has 1 aromatic carbocycles. The fourth-order valence-electron chi connectivity index (χ4n) is 1.28. The first-order chi connectivity index (χ1) is 9.02. The van der Waals surface area contributed by atoms with Crippen LogP contribution in [0.4, 0.5) is 0 Å². The SMILES string of the molecule is C[C@H](NC(=O)CSCc1ccc(C#N)cc1)C(=O)O. The molecule has 0 spiro atoms. The fraction of sp³-hybridized carbons (Fsp3) is 0.308. The van der Waals surface area contributed by atoms with Gasteiger partial charge in [0.1, 0.15) is 6.04 Å². The van der Waals surface area contributed by atoms with Crippen LogP contribution in [0.15, 0.2) is 24.3 Å². The van der Waals surface area contributed by atoms with Gasteiger partial charge in [0.25, 0.3) is 0 Å². The fourth-order valence-corrected chi connectivity index (χ4v) is 2.08. The van der Waals surface area contributed by atoms with Crippen molar-refractivity contribution in [3.05, 3.63) is 35.4 Å².